The smallest absolute Gasteiger partial charge is 0.231 e. The molecular weight excluding hydrogens is 426 g/mol. The Morgan fingerprint density at radius 3 is 2.15 bits per heavy atom. The van der Waals surface area contributed by atoms with Crippen molar-refractivity contribution >= 4 is 5.91 Å². The monoisotopic (exact) mass is 457 g/mol. The Morgan fingerprint density at radius 2 is 1.47 bits per heavy atom. The molecule has 0 unspecified atom stereocenters. The fraction of sp³-hybridized carbons (Fsp3) is 0.321. The number of carbonyl (C=O) groups is 1. The van der Waals surface area contributed by atoms with E-state index in [-0.39, 0.29) is 18.7 Å². The summed E-state index contributed by atoms with van der Waals surface area (Å²) in [5.41, 5.74) is 3.66. The summed E-state index contributed by atoms with van der Waals surface area (Å²) in [6, 6.07) is 27.5. The van der Waals surface area contributed by atoms with Crippen LogP contribution in [0.15, 0.2) is 78.9 Å². The van der Waals surface area contributed by atoms with Gasteiger partial charge in [-0.15, -0.1) is 0 Å². The third-order valence-corrected chi connectivity index (χ3v) is 6.58. The molecule has 2 aliphatic heterocycles. The van der Waals surface area contributed by atoms with Crippen molar-refractivity contribution < 1.29 is 14.3 Å². The predicted molar refractivity (Wildman–Crippen MR) is 132 cm³/mol. The standard InChI is InChI=1S/C28H31N3O3/c32-27(29-20-22-11-12-25-26(19-22)34-21-33-25)13-14-30-15-17-31(18-16-30)28(23-7-3-1-4-8-23)24-9-5-2-6-10-24/h1-12,19,28H,13-18,20-21H2,(H,29,32). The Labute approximate surface area is 201 Å². The van der Waals surface area contributed by atoms with E-state index < -0.39 is 0 Å². The summed E-state index contributed by atoms with van der Waals surface area (Å²) >= 11 is 0. The highest BCUT2D eigenvalue weighted by Crippen LogP contribution is 2.32. The fourth-order valence-electron chi connectivity index (χ4n) is 4.73. The maximum absolute atomic E-state index is 12.4. The summed E-state index contributed by atoms with van der Waals surface area (Å²) < 4.78 is 10.7. The van der Waals surface area contributed by atoms with Gasteiger partial charge in [0.2, 0.25) is 12.7 Å². The van der Waals surface area contributed by atoms with Crippen LogP contribution in [0.1, 0.15) is 29.2 Å². The van der Waals surface area contributed by atoms with Gasteiger partial charge in [-0.1, -0.05) is 66.7 Å². The molecule has 34 heavy (non-hydrogen) atoms. The van der Waals surface area contributed by atoms with Crippen LogP contribution in [0.4, 0.5) is 0 Å². The van der Waals surface area contributed by atoms with Crippen LogP contribution in [0.5, 0.6) is 11.5 Å². The number of amides is 1. The minimum absolute atomic E-state index is 0.0755. The zero-order valence-corrected chi connectivity index (χ0v) is 19.4. The van der Waals surface area contributed by atoms with Crippen LogP contribution in [0.3, 0.4) is 0 Å². The summed E-state index contributed by atoms with van der Waals surface area (Å²) in [7, 11) is 0. The molecule has 176 valence electrons. The van der Waals surface area contributed by atoms with Crippen molar-refractivity contribution in [3.63, 3.8) is 0 Å². The maximum Gasteiger partial charge on any atom is 0.231 e. The van der Waals surface area contributed by atoms with E-state index in [2.05, 4.69) is 75.8 Å². The predicted octanol–water partition coefficient (Wildman–Crippen LogP) is 3.83. The summed E-state index contributed by atoms with van der Waals surface area (Å²) in [5, 5.41) is 3.03. The van der Waals surface area contributed by atoms with E-state index >= 15 is 0 Å². The van der Waals surface area contributed by atoms with Gasteiger partial charge in [-0.2, -0.15) is 0 Å². The molecule has 6 nitrogen and oxygen atoms in total. The van der Waals surface area contributed by atoms with Crippen molar-refractivity contribution in [1.82, 2.24) is 15.1 Å². The molecule has 2 heterocycles. The van der Waals surface area contributed by atoms with Gasteiger partial charge < -0.3 is 19.7 Å². The van der Waals surface area contributed by atoms with E-state index in [4.69, 9.17) is 9.47 Å². The van der Waals surface area contributed by atoms with Crippen molar-refractivity contribution in [2.24, 2.45) is 0 Å². The molecule has 3 aromatic carbocycles. The van der Waals surface area contributed by atoms with Crippen molar-refractivity contribution in [3.05, 3.63) is 95.6 Å². The van der Waals surface area contributed by atoms with E-state index in [0.29, 0.717) is 13.0 Å². The number of hydrogen-bond donors (Lipinski definition) is 1. The Balaban J connectivity index is 1.10. The third-order valence-electron chi connectivity index (χ3n) is 6.58. The summed E-state index contributed by atoms with van der Waals surface area (Å²) in [6.45, 7) is 5.43. The van der Waals surface area contributed by atoms with Crippen LogP contribution in [0.2, 0.25) is 0 Å². The molecule has 1 fully saturated rings. The van der Waals surface area contributed by atoms with Crippen molar-refractivity contribution in [2.75, 3.05) is 39.5 Å². The first-order valence-electron chi connectivity index (χ1n) is 12.0. The quantitative estimate of drug-likeness (QED) is 0.557. The average Bonchev–Trinajstić information content (AvgIpc) is 3.36. The Bertz CT molecular complexity index is 1040. The fourth-order valence-corrected chi connectivity index (χ4v) is 4.73. The molecule has 1 N–H and O–H groups in total. The minimum atomic E-state index is 0.0755. The first kappa shape index (κ1) is 22.4. The minimum Gasteiger partial charge on any atom is -0.454 e. The normalized spacial score (nSPS) is 16.0. The largest absolute Gasteiger partial charge is 0.454 e. The molecule has 5 rings (SSSR count). The van der Waals surface area contributed by atoms with Crippen LogP contribution in [-0.2, 0) is 11.3 Å². The molecule has 0 aromatic heterocycles. The van der Waals surface area contributed by atoms with Gasteiger partial charge in [0, 0.05) is 45.7 Å². The summed E-state index contributed by atoms with van der Waals surface area (Å²) in [6.07, 6.45) is 0.505. The number of fused-ring (bicyclic) bond motifs is 1. The zero-order valence-electron chi connectivity index (χ0n) is 19.4. The van der Waals surface area contributed by atoms with Crippen molar-refractivity contribution in [3.8, 4) is 11.5 Å². The lowest BCUT2D eigenvalue weighted by Crippen LogP contribution is -2.48. The molecule has 0 spiro atoms. The SMILES string of the molecule is O=C(CCN1CCN(C(c2ccccc2)c2ccccc2)CC1)NCc1ccc2c(c1)OCO2. The molecule has 1 amide bonds. The Morgan fingerprint density at radius 1 is 0.824 bits per heavy atom. The second-order valence-corrected chi connectivity index (χ2v) is 8.82. The van der Waals surface area contributed by atoms with E-state index in [1.54, 1.807) is 0 Å². The van der Waals surface area contributed by atoms with Crippen molar-refractivity contribution in [2.45, 2.75) is 19.0 Å². The van der Waals surface area contributed by atoms with Crippen molar-refractivity contribution in [1.29, 1.82) is 0 Å². The second-order valence-electron chi connectivity index (χ2n) is 8.82. The molecule has 0 radical (unpaired) electrons. The number of carbonyl (C=O) groups excluding carboxylic acids is 1. The van der Waals surface area contributed by atoms with Gasteiger partial charge in [-0.05, 0) is 28.8 Å². The molecule has 2 aliphatic rings. The molecule has 0 bridgehead atoms. The van der Waals surface area contributed by atoms with Gasteiger partial charge in [0.25, 0.3) is 0 Å². The topological polar surface area (TPSA) is 54.0 Å². The molecule has 0 aliphatic carbocycles. The first-order valence-corrected chi connectivity index (χ1v) is 12.0. The van der Waals surface area contributed by atoms with Crippen LogP contribution in [-0.4, -0.2) is 55.2 Å². The molecule has 0 atom stereocenters. The average molecular weight is 458 g/mol. The molecule has 1 saturated heterocycles. The van der Waals surface area contributed by atoms with E-state index in [0.717, 1.165) is 49.8 Å². The highest BCUT2D eigenvalue weighted by molar-refractivity contribution is 5.76. The van der Waals surface area contributed by atoms with E-state index in [1.807, 2.05) is 18.2 Å². The first-order chi connectivity index (χ1) is 16.8. The Kier molecular flexibility index (Phi) is 7.08. The third kappa shape index (κ3) is 5.41. The van der Waals surface area contributed by atoms with Gasteiger partial charge in [0.1, 0.15) is 0 Å². The van der Waals surface area contributed by atoms with Crippen LogP contribution >= 0.6 is 0 Å². The number of nitrogens with one attached hydrogen (secondary N) is 1. The van der Waals surface area contributed by atoms with Gasteiger partial charge in [0.05, 0.1) is 6.04 Å². The van der Waals surface area contributed by atoms with Gasteiger partial charge in [0.15, 0.2) is 11.5 Å². The van der Waals surface area contributed by atoms with Gasteiger partial charge >= 0.3 is 0 Å². The molecule has 3 aromatic rings. The summed E-state index contributed by atoms with van der Waals surface area (Å²) in [4.78, 5) is 17.4. The second kappa shape index (κ2) is 10.7. The Hall–Kier alpha value is -3.35. The zero-order chi connectivity index (χ0) is 23.2. The van der Waals surface area contributed by atoms with Gasteiger partial charge in [-0.25, -0.2) is 0 Å². The molecular formula is C28H31N3O3. The molecule has 6 heteroatoms. The number of ether oxygens (including phenoxy) is 2. The van der Waals surface area contributed by atoms with Gasteiger partial charge in [-0.3, -0.25) is 9.69 Å². The number of rotatable bonds is 8. The van der Waals surface area contributed by atoms with Crippen LogP contribution < -0.4 is 14.8 Å². The lowest BCUT2D eigenvalue weighted by atomic mass is 9.96. The number of benzene rings is 3. The lowest BCUT2D eigenvalue weighted by molar-refractivity contribution is -0.121. The highest BCUT2D eigenvalue weighted by Gasteiger charge is 2.26. The van der Waals surface area contributed by atoms with Crippen LogP contribution in [0.25, 0.3) is 0 Å². The maximum atomic E-state index is 12.4. The number of nitrogens with zero attached hydrogens (tertiary/aromatic N) is 2. The van der Waals surface area contributed by atoms with Crippen LogP contribution in [0, 0.1) is 0 Å². The van der Waals surface area contributed by atoms with E-state index in [1.165, 1.54) is 11.1 Å². The summed E-state index contributed by atoms with van der Waals surface area (Å²) in [5.74, 6) is 1.58. The van der Waals surface area contributed by atoms with E-state index in [9.17, 15) is 4.79 Å². The number of hydrogen-bond acceptors (Lipinski definition) is 5. The molecule has 0 saturated carbocycles. The number of piperazine rings is 1. The highest BCUT2D eigenvalue weighted by atomic mass is 16.7. The lowest BCUT2D eigenvalue weighted by Gasteiger charge is -2.39.